The molecule has 2 rings (SSSR count). The third kappa shape index (κ3) is 4.76. The van der Waals surface area contributed by atoms with Crippen LogP contribution < -0.4 is 5.32 Å². The number of hydrogen-bond acceptors (Lipinski definition) is 4. The van der Waals surface area contributed by atoms with Gasteiger partial charge in [-0.2, -0.15) is 0 Å². The topological polar surface area (TPSA) is 64.4 Å². The van der Waals surface area contributed by atoms with Gasteiger partial charge in [-0.25, -0.2) is 0 Å². The molecule has 0 saturated heterocycles. The van der Waals surface area contributed by atoms with Gasteiger partial charge in [0.2, 0.25) is 0 Å². The minimum Gasteiger partial charge on any atom is -0.373 e. The fourth-order valence-electron chi connectivity index (χ4n) is 2.76. The Balaban J connectivity index is 1.88. The first kappa shape index (κ1) is 16.4. The monoisotopic (exact) mass is 356 g/mol. The highest BCUT2D eigenvalue weighted by atomic mass is 79.9. The molecule has 0 unspecified atom stereocenters. The molecule has 116 valence electrons. The molecular formula is C15H21BrN2O3. The summed E-state index contributed by atoms with van der Waals surface area (Å²) in [6.45, 7) is 3.43. The van der Waals surface area contributed by atoms with Crippen molar-refractivity contribution in [2.24, 2.45) is 0 Å². The number of nitrogens with zero attached hydrogens (tertiary/aromatic N) is 1. The summed E-state index contributed by atoms with van der Waals surface area (Å²) in [5.41, 5.74) is 0.753. The lowest BCUT2D eigenvalue weighted by Gasteiger charge is -2.29. The second kappa shape index (κ2) is 7.87. The molecule has 1 aromatic rings. The van der Waals surface area contributed by atoms with E-state index in [0.717, 1.165) is 32.2 Å². The van der Waals surface area contributed by atoms with E-state index in [9.17, 15) is 10.1 Å². The van der Waals surface area contributed by atoms with Crippen LogP contribution in [0.3, 0.4) is 0 Å². The number of rotatable bonds is 6. The molecule has 0 spiro atoms. The zero-order valence-corrected chi connectivity index (χ0v) is 13.8. The van der Waals surface area contributed by atoms with Gasteiger partial charge in [0.15, 0.2) is 0 Å². The van der Waals surface area contributed by atoms with Crippen LogP contribution in [-0.2, 0) is 11.3 Å². The number of halogens is 1. The molecule has 1 saturated carbocycles. The summed E-state index contributed by atoms with van der Waals surface area (Å²) < 4.78 is 6.59. The van der Waals surface area contributed by atoms with Gasteiger partial charge in [-0.1, -0.05) is 22.9 Å². The van der Waals surface area contributed by atoms with Crippen molar-refractivity contribution in [3.8, 4) is 0 Å². The van der Waals surface area contributed by atoms with Crippen LogP contribution in [0.2, 0.25) is 0 Å². The second-order valence-electron chi connectivity index (χ2n) is 5.37. The highest BCUT2D eigenvalue weighted by Gasteiger charge is 2.22. The van der Waals surface area contributed by atoms with Crippen LogP contribution in [0.1, 0.15) is 38.2 Å². The maximum atomic E-state index is 11.1. The predicted octanol–water partition coefficient (Wildman–Crippen LogP) is 3.79. The molecule has 0 aromatic heterocycles. The summed E-state index contributed by atoms with van der Waals surface area (Å²) in [5, 5.41) is 14.5. The average molecular weight is 357 g/mol. The predicted molar refractivity (Wildman–Crippen MR) is 85.3 cm³/mol. The second-order valence-corrected chi connectivity index (χ2v) is 6.29. The Morgan fingerprint density at radius 2 is 2.10 bits per heavy atom. The molecule has 1 N–H and O–H groups in total. The molecule has 1 aromatic carbocycles. The third-order valence-electron chi connectivity index (χ3n) is 3.89. The van der Waals surface area contributed by atoms with E-state index in [1.165, 1.54) is 6.07 Å². The van der Waals surface area contributed by atoms with E-state index in [1.54, 1.807) is 6.07 Å². The number of ether oxygens (including phenoxy) is 1. The van der Waals surface area contributed by atoms with Crippen LogP contribution in [0.15, 0.2) is 22.7 Å². The summed E-state index contributed by atoms with van der Waals surface area (Å²) in [5.74, 6) is 0. The summed E-state index contributed by atoms with van der Waals surface area (Å²) >= 11 is 3.26. The lowest BCUT2D eigenvalue weighted by molar-refractivity contribution is -0.386. The molecule has 0 amide bonds. The van der Waals surface area contributed by atoms with Crippen LogP contribution in [0.5, 0.6) is 0 Å². The van der Waals surface area contributed by atoms with Gasteiger partial charge in [-0.3, -0.25) is 10.1 Å². The van der Waals surface area contributed by atoms with E-state index in [-0.39, 0.29) is 16.7 Å². The molecule has 0 radical (unpaired) electrons. The Morgan fingerprint density at radius 1 is 1.38 bits per heavy atom. The maximum Gasteiger partial charge on any atom is 0.276 e. The average Bonchev–Trinajstić information content (AvgIpc) is 2.47. The van der Waals surface area contributed by atoms with Gasteiger partial charge in [0.1, 0.15) is 0 Å². The zero-order valence-electron chi connectivity index (χ0n) is 12.2. The van der Waals surface area contributed by atoms with E-state index in [2.05, 4.69) is 28.2 Å². The van der Waals surface area contributed by atoms with Crippen LogP contribution in [0.4, 0.5) is 5.69 Å². The van der Waals surface area contributed by atoms with Crippen molar-refractivity contribution >= 4 is 21.6 Å². The van der Waals surface area contributed by atoms with Gasteiger partial charge in [0.05, 0.1) is 23.2 Å². The van der Waals surface area contributed by atoms with Gasteiger partial charge >= 0.3 is 0 Å². The maximum absolute atomic E-state index is 11.1. The van der Waals surface area contributed by atoms with E-state index in [4.69, 9.17) is 4.74 Å². The van der Waals surface area contributed by atoms with Crippen LogP contribution in [0.25, 0.3) is 0 Å². The number of nitro groups is 1. The Labute approximate surface area is 133 Å². The number of hydrogen-bond donors (Lipinski definition) is 1. The van der Waals surface area contributed by atoms with Crippen molar-refractivity contribution in [2.45, 2.75) is 51.4 Å². The molecule has 5 nitrogen and oxygen atoms in total. The molecular weight excluding hydrogens is 336 g/mol. The van der Waals surface area contributed by atoms with E-state index in [0.29, 0.717) is 22.7 Å². The van der Waals surface area contributed by atoms with Gasteiger partial charge in [0, 0.05) is 16.6 Å². The first-order chi connectivity index (χ1) is 10.1. The van der Waals surface area contributed by atoms with Crippen LogP contribution in [-0.4, -0.2) is 23.6 Å². The van der Waals surface area contributed by atoms with Crippen molar-refractivity contribution in [1.82, 2.24) is 5.32 Å². The lowest BCUT2D eigenvalue weighted by atomic mass is 9.93. The minimum absolute atomic E-state index is 0.116. The normalized spacial score (nSPS) is 22.2. The molecule has 1 fully saturated rings. The van der Waals surface area contributed by atoms with Gasteiger partial charge < -0.3 is 10.1 Å². The SMILES string of the molecule is CCNC1CCC(OCc2ccc(Br)cc2[N+](=O)[O-])CC1. The Hall–Kier alpha value is -0.980. The molecule has 1 aliphatic carbocycles. The van der Waals surface area contributed by atoms with Crippen molar-refractivity contribution < 1.29 is 9.66 Å². The van der Waals surface area contributed by atoms with Crippen molar-refractivity contribution in [2.75, 3.05) is 6.54 Å². The van der Waals surface area contributed by atoms with Crippen molar-refractivity contribution in [3.05, 3.63) is 38.3 Å². The highest BCUT2D eigenvalue weighted by Crippen LogP contribution is 2.27. The quantitative estimate of drug-likeness (QED) is 0.621. The van der Waals surface area contributed by atoms with E-state index >= 15 is 0 Å². The highest BCUT2D eigenvalue weighted by molar-refractivity contribution is 9.10. The molecule has 1 aliphatic rings. The fourth-order valence-corrected chi connectivity index (χ4v) is 3.11. The molecule has 0 aliphatic heterocycles. The largest absolute Gasteiger partial charge is 0.373 e. The summed E-state index contributed by atoms with van der Waals surface area (Å²) in [7, 11) is 0. The third-order valence-corrected chi connectivity index (χ3v) is 4.38. The first-order valence-electron chi connectivity index (χ1n) is 7.38. The van der Waals surface area contributed by atoms with Crippen LogP contribution >= 0.6 is 15.9 Å². The number of nitrogens with one attached hydrogen (secondary N) is 1. The molecule has 0 heterocycles. The summed E-state index contributed by atoms with van der Waals surface area (Å²) in [6, 6.07) is 5.69. The van der Waals surface area contributed by atoms with E-state index in [1.807, 2.05) is 6.07 Å². The Bertz CT molecular complexity index is 488. The van der Waals surface area contributed by atoms with Gasteiger partial charge in [0.25, 0.3) is 5.69 Å². The molecule has 0 atom stereocenters. The number of benzene rings is 1. The van der Waals surface area contributed by atoms with E-state index < -0.39 is 0 Å². The van der Waals surface area contributed by atoms with Crippen LogP contribution in [0, 0.1) is 10.1 Å². The minimum atomic E-state index is -0.356. The van der Waals surface area contributed by atoms with Crippen molar-refractivity contribution in [1.29, 1.82) is 0 Å². The summed E-state index contributed by atoms with van der Waals surface area (Å²) in [4.78, 5) is 10.7. The molecule has 6 heteroatoms. The Kier molecular flexibility index (Phi) is 6.14. The van der Waals surface area contributed by atoms with Crippen molar-refractivity contribution in [3.63, 3.8) is 0 Å². The molecule has 0 bridgehead atoms. The summed E-state index contributed by atoms with van der Waals surface area (Å²) in [6.07, 6.45) is 4.47. The van der Waals surface area contributed by atoms with Gasteiger partial charge in [-0.15, -0.1) is 0 Å². The lowest BCUT2D eigenvalue weighted by Crippen LogP contribution is -2.35. The van der Waals surface area contributed by atoms with Gasteiger partial charge in [-0.05, 0) is 44.4 Å². The first-order valence-corrected chi connectivity index (χ1v) is 8.17. The smallest absolute Gasteiger partial charge is 0.276 e. The zero-order chi connectivity index (χ0) is 15.2. The Morgan fingerprint density at radius 3 is 2.71 bits per heavy atom. The molecule has 21 heavy (non-hydrogen) atoms. The fraction of sp³-hybridized carbons (Fsp3) is 0.600. The number of nitro benzene ring substituents is 1. The standard InChI is InChI=1S/C15H21BrN2O3/c1-2-17-13-5-7-14(8-6-13)21-10-11-3-4-12(16)9-15(11)18(19)20/h3-4,9,13-14,17H,2,5-8,10H2,1H3.